The third-order valence-electron chi connectivity index (χ3n) is 3.23. The topological polar surface area (TPSA) is 68.7 Å². The van der Waals surface area contributed by atoms with Gasteiger partial charge in [-0.25, -0.2) is 4.39 Å². The first-order valence-corrected chi connectivity index (χ1v) is 7.98. The second-order valence-electron chi connectivity index (χ2n) is 5.48. The number of pyridine rings is 1. The minimum atomic E-state index is -5.23. The Morgan fingerprint density at radius 3 is 2.39 bits per heavy atom. The van der Waals surface area contributed by atoms with Gasteiger partial charge in [-0.2, -0.15) is 18.2 Å². The Morgan fingerprint density at radius 2 is 1.82 bits per heavy atom. The lowest BCUT2D eigenvalue weighted by atomic mass is 10.3. The fourth-order valence-electron chi connectivity index (χ4n) is 1.97. The van der Waals surface area contributed by atoms with Crippen LogP contribution < -0.4 is 14.4 Å². The number of carbonyl (C=O) groups is 2. The van der Waals surface area contributed by atoms with Crippen LogP contribution in [0.1, 0.15) is 6.92 Å². The molecule has 0 saturated heterocycles. The Balaban J connectivity index is 2.38. The lowest BCUT2D eigenvalue weighted by molar-refractivity contribution is -0.170. The summed E-state index contributed by atoms with van der Waals surface area (Å²) in [5.74, 6) is -5.07. The number of amides is 1. The van der Waals surface area contributed by atoms with Gasteiger partial charge in [-0.1, -0.05) is 23.7 Å². The number of Topliss-reactive ketones (excluding diaryl/α,β-unsaturated/α-hetero) is 1. The molecule has 1 aromatic carbocycles. The molecular formula is C17H13ClF4N2O4. The zero-order valence-electron chi connectivity index (χ0n) is 14.5. The summed E-state index contributed by atoms with van der Waals surface area (Å²) in [4.78, 5) is 26.0. The van der Waals surface area contributed by atoms with E-state index in [0.29, 0.717) is 13.1 Å². The number of halogens is 5. The molecule has 0 unspecified atom stereocenters. The average molecular weight is 421 g/mol. The number of ether oxygens (including phenoxy) is 2. The molecular weight excluding hydrogens is 408 g/mol. The van der Waals surface area contributed by atoms with E-state index < -0.39 is 29.6 Å². The van der Waals surface area contributed by atoms with E-state index in [1.165, 1.54) is 19.1 Å². The van der Waals surface area contributed by atoms with Gasteiger partial charge in [-0.05, 0) is 19.1 Å². The van der Waals surface area contributed by atoms with E-state index in [4.69, 9.17) is 21.1 Å². The molecule has 11 heteroatoms. The molecule has 0 fully saturated rings. The largest absolute Gasteiger partial charge is 0.482 e. The number of hydrogen-bond acceptors (Lipinski definition) is 5. The zero-order valence-corrected chi connectivity index (χ0v) is 15.3. The molecule has 0 aliphatic rings. The number of aromatic nitrogens is 1. The van der Waals surface area contributed by atoms with Crippen LogP contribution in [-0.4, -0.2) is 36.5 Å². The van der Waals surface area contributed by atoms with E-state index in [9.17, 15) is 27.2 Å². The van der Waals surface area contributed by atoms with Crippen molar-refractivity contribution in [3.05, 3.63) is 41.2 Å². The van der Waals surface area contributed by atoms with Gasteiger partial charge in [0.15, 0.2) is 28.9 Å². The summed E-state index contributed by atoms with van der Waals surface area (Å²) in [6, 6.07) is 6.69. The fraction of sp³-hybridized carbons (Fsp3) is 0.235. The minimum Gasteiger partial charge on any atom is -0.482 e. The lowest BCUT2D eigenvalue weighted by Gasteiger charge is -2.19. The number of benzene rings is 1. The van der Waals surface area contributed by atoms with Gasteiger partial charge in [-0.3, -0.25) is 14.5 Å². The molecule has 150 valence electrons. The number of para-hydroxylation sites is 2. The Morgan fingerprint density at radius 1 is 1.21 bits per heavy atom. The molecule has 2 aromatic rings. The first-order valence-electron chi connectivity index (χ1n) is 7.60. The number of nitrogens with zero attached hydrogens (tertiary/aromatic N) is 2. The van der Waals surface area contributed by atoms with Crippen molar-refractivity contribution in [2.75, 3.05) is 18.6 Å². The van der Waals surface area contributed by atoms with E-state index in [-0.39, 0.29) is 33.8 Å². The van der Waals surface area contributed by atoms with Crippen molar-refractivity contribution in [1.29, 1.82) is 0 Å². The molecule has 6 nitrogen and oxygen atoms in total. The van der Waals surface area contributed by atoms with Gasteiger partial charge in [-0.15, -0.1) is 0 Å². The molecule has 0 saturated carbocycles. The van der Waals surface area contributed by atoms with Crippen molar-refractivity contribution in [1.82, 2.24) is 4.98 Å². The predicted molar refractivity (Wildman–Crippen MR) is 91.4 cm³/mol. The second-order valence-corrected chi connectivity index (χ2v) is 5.89. The first kappa shape index (κ1) is 21.4. The summed E-state index contributed by atoms with van der Waals surface area (Å²) in [5.41, 5.74) is 0. The third-order valence-corrected chi connectivity index (χ3v) is 3.50. The molecule has 0 bridgehead atoms. The number of alkyl halides is 3. The van der Waals surface area contributed by atoms with Crippen molar-refractivity contribution in [3.8, 4) is 17.4 Å². The molecule has 0 aliphatic carbocycles. The Labute approximate surface area is 161 Å². The lowest BCUT2D eigenvalue weighted by Crippen LogP contribution is -2.39. The van der Waals surface area contributed by atoms with Crippen molar-refractivity contribution in [2.24, 2.45) is 0 Å². The van der Waals surface area contributed by atoms with Crippen LogP contribution >= 0.6 is 11.6 Å². The van der Waals surface area contributed by atoms with Gasteiger partial charge in [0, 0.05) is 13.1 Å². The van der Waals surface area contributed by atoms with Crippen LogP contribution in [0.15, 0.2) is 30.3 Å². The molecule has 0 atom stereocenters. The van der Waals surface area contributed by atoms with Crippen molar-refractivity contribution >= 4 is 29.1 Å². The van der Waals surface area contributed by atoms with Gasteiger partial charge in [0.05, 0.1) is 0 Å². The Bertz CT molecular complexity index is 905. The Kier molecular flexibility index (Phi) is 6.45. The number of ketones is 1. The summed E-state index contributed by atoms with van der Waals surface area (Å²) in [7, 11) is 0.711. The molecule has 2 rings (SSSR count). The number of rotatable bonds is 6. The monoisotopic (exact) mass is 420 g/mol. The highest BCUT2D eigenvalue weighted by Crippen LogP contribution is 2.36. The molecule has 28 heavy (non-hydrogen) atoms. The van der Waals surface area contributed by atoms with E-state index in [0.717, 1.165) is 0 Å². The number of hydrogen-bond donors (Lipinski definition) is 0. The number of carbonyl (C=O) groups excluding carboxylic acids is 2. The highest BCUT2D eigenvalue weighted by atomic mass is 35.5. The van der Waals surface area contributed by atoms with Crippen LogP contribution in [0.4, 0.5) is 23.4 Å². The first-order chi connectivity index (χ1) is 13.0. The van der Waals surface area contributed by atoms with Crippen LogP contribution in [0.3, 0.4) is 0 Å². The third kappa shape index (κ3) is 5.10. The standard InChI is InChI=1S/C17H13ClF4N2O4/c1-9(25)8-27-12-5-3-4-6-13(12)28-15-10(18)7-11(19)14(23-15)24(2)16(26)17(20,21)22/h3-7H,8H2,1-2H3. The van der Waals surface area contributed by atoms with Gasteiger partial charge >= 0.3 is 12.1 Å². The van der Waals surface area contributed by atoms with Gasteiger partial charge < -0.3 is 9.47 Å². The summed E-state index contributed by atoms with van der Waals surface area (Å²) >= 11 is 5.86. The fourth-order valence-corrected chi connectivity index (χ4v) is 2.15. The highest BCUT2D eigenvalue weighted by molar-refractivity contribution is 6.32. The summed E-state index contributed by atoms with van der Waals surface area (Å²) in [6.07, 6.45) is -5.23. The molecule has 0 N–H and O–H groups in total. The molecule has 1 heterocycles. The van der Waals surface area contributed by atoms with E-state index in [1.54, 1.807) is 12.1 Å². The van der Waals surface area contributed by atoms with Crippen molar-refractivity contribution < 1.29 is 36.6 Å². The van der Waals surface area contributed by atoms with Gasteiger partial charge in [0.2, 0.25) is 5.88 Å². The minimum absolute atomic E-state index is 0.00330. The predicted octanol–water partition coefficient (Wildman–Crippen LogP) is 4.16. The SMILES string of the molecule is CC(=O)COc1ccccc1Oc1nc(N(C)C(=O)C(F)(F)F)c(F)cc1Cl. The van der Waals surface area contributed by atoms with Gasteiger partial charge in [0.25, 0.3) is 0 Å². The van der Waals surface area contributed by atoms with Crippen LogP contribution in [0.5, 0.6) is 17.4 Å². The Hall–Kier alpha value is -2.88. The van der Waals surface area contributed by atoms with Crippen LogP contribution in [0, 0.1) is 5.82 Å². The van der Waals surface area contributed by atoms with E-state index in [2.05, 4.69) is 4.98 Å². The molecule has 1 amide bonds. The summed E-state index contributed by atoms with van der Waals surface area (Å²) in [6.45, 7) is 1.06. The quantitative estimate of drug-likeness (QED) is 0.656. The van der Waals surface area contributed by atoms with Crippen molar-refractivity contribution in [3.63, 3.8) is 0 Å². The molecule has 0 spiro atoms. The maximum Gasteiger partial charge on any atom is 0.471 e. The van der Waals surface area contributed by atoms with Crippen molar-refractivity contribution in [2.45, 2.75) is 13.1 Å². The smallest absolute Gasteiger partial charge is 0.471 e. The highest BCUT2D eigenvalue weighted by Gasteiger charge is 2.43. The maximum absolute atomic E-state index is 14.0. The van der Waals surface area contributed by atoms with E-state index in [1.807, 2.05) is 0 Å². The van der Waals surface area contributed by atoms with Crippen LogP contribution in [0.25, 0.3) is 0 Å². The average Bonchev–Trinajstić information content (AvgIpc) is 2.61. The summed E-state index contributed by atoms with van der Waals surface area (Å²) < 4.78 is 62.5. The molecule has 0 aliphatic heterocycles. The summed E-state index contributed by atoms with van der Waals surface area (Å²) in [5, 5.41) is -0.351. The molecule has 0 radical (unpaired) electrons. The zero-order chi connectivity index (χ0) is 21.1. The van der Waals surface area contributed by atoms with Crippen LogP contribution in [0.2, 0.25) is 5.02 Å². The normalized spacial score (nSPS) is 11.1. The maximum atomic E-state index is 14.0. The van der Waals surface area contributed by atoms with Gasteiger partial charge in [0.1, 0.15) is 11.6 Å². The second kappa shape index (κ2) is 8.42. The number of anilines is 1. The van der Waals surface area contributed by atoms with E-state index >= 15 is 0 Å². The molecule has 1 aromatic heterocycles. The van der Waals surface area contributed by atoms with Crippen LogP contribution in [-0.2, 0) is 9.59 Å².